The minimum Gasteiger partial charge on any atom is -0.298 e. The molecule has 2 aromatic rings. The molecule has 0 aliphatic heterocycles. The van der Waals surface area contributed by atoms with E-state index in [2.05, 4.69) is 5.10 Å². The Labute approximate surface area is 105 Å². The predicted octanol–water partition coefficient (Wildman–Crippen LogP) is 3.29. The van der Waals surface area contributed by atoms with Crippen molar-refractivity contribution in [1.82, 2.24) is 9.78 Å². The smallest absolute Gasteiger partial charge is 0.155 e. The fourth-order valence-electron chi connectivity index (χ4n) is 1.73. The van der Waals surface area contributed by atoms with E-state index in [1.165, 1.54) is 0 Å². The quantitative estimate of drug-likeness (QED) is 0.779. The van der Waals surface area contributed by atoms with Gasteiger partial charge < -0.3 is 0 Å². The van der Waals surface area contributed by atoms with Crippen molar-refractivity contribution in [3.63, 3.8) is 0 Å². The van der Waals surface area contributed by atoms with Crippen LogP contribution in [0.4, 0.5) is 0 Å². The highest BCUT2D eigenvalue weighted by Crippen LogP contribution is 2.23. The molecule has 0 radical (unpaired) electrons. The topological polar surface area (TPSA) is 34.9 Å². The Bertz CT molecular complexity index is 520. The number of rotatable bonds is 4. The summed E-state index contributed by atoms with van der Waals surface area (Å²) in [5, 5.41) is 4.78. The number of halogens is 1. The molecule has 0 spiro atoms. The summed E-state index contributed by atoms with van der Waals surface area (Å²) < 4.78 is 1.61. The summed E-state index contributed by atoms with van der Waals surface area (Å²) in [6, 6.07) is 9.56. The monoisotopic (exact) mass is 248 g/mol. The first-order valence-electron chi connectivity index (χ1n) is 5.56. The lowest BCUT2D eigenvalue weighted by molar-refractivity contribution is 0.112. The van der Waals surface area contributed by atoms with Gasteiger partial charge >= 0.3 is 0 Å². The van der Waals surface area contributed by atoms with Crippen LogP contribution in [0, 0.1) is 0 Å². The fraction of sp³-hybridized carbons (Fsp3) is 0.231. The first kappa shape index (κ1) is 11.9. The lowest BCUT2D eigenvalue weighted by Gasteiger charge is -2.01. The molecule has 0 amide bonds. The Morgan fingerprint density at radius 2 is 2.06 bits per heavy atom. The minimum absolute atomic E-state index is 0.384. The molecule has 1 aromatic heterocycles. The van der Waals surface area contributed by atoms with Gasteiger partial charge in [-0.1, -0.05) is 43.1 Å². The van der Waals surface area contributed by atoms with Crippen LogP contribution in [0.3, 0.4) is 0 Å². The second-order valence-electron chi connectivity index (χ2n) is 3.77. The molecule has 0 bridgehead atoms. The second kappa shape index (κ2) is 5.15. The molecular weight excluding hydrogens is 236 g/mol. The number of carbonyl (C=O) groups is 1. The van der Waals surface area contributed by atoms with E-state index in [1.54, 1.807) is 4.68 Å². The Kier molecular flexibility index (Phi) is 3.59. The highest BCUT2D eigenvalue weighted by atomic mass is 35.5. The molecule has 17 heavy (non-hydrogen) atoms. The van der Waals surface area contributed by atoms with Gasteiger partial charge in [0.25, 0.3) is 0 Å². The lowest BCUT2D eigenvalue weighted by Crippen LogP contribution is -1.96. The van der Waals surface area contributed by atoms with Gasteiger partial charge in [0.2, 0.25) is 0 Å². The third-order valence-electron chi connectivity index (χ3n) is 2.55. The predicted molar refractivity (Wildman–Crippen MR) is 68.0 cm³/mol. The van der Waals surface area contributed by atoms with Crippen molar-refractivity contribution in [2.45, 2.75) is 19.8 Å². The molecule has 1 aromatic carbocycles. The van der Waals surface area contributed by atoms with Crippen LogP contribution < -0.4 is 0 Å². The molecular formula is C13H13ClN2O. The summed E-state index contributed by atoms with van der Waals surface area (Å²) in [4.78, 5) is 11.0. The Hall–Kier alpha value is -1.61. The van der Waals surface area contributed by atoms with Gasteiger partial charge in [0.05, 0.1) is 16.9 Å². The first-order chi connectivity index (χ1) is 8.27. The van der Waals surface area contributed by atoms with Crippen LogP contribution in [0.15, 0.2) is 30.3 Å². The molecule has 2 rings (SSSR count). The Balaban J connectivity index is 2.52. The van der Waals surface area contributed by atoms with Gasteiger partial charge in [0, 0.05) is 0 Å². The molecule has 0 fully saturated rings. The van der Waals surface area contributed by atoms with E-state index in [1.807, 2.05) is 37.3 Å². The van der Waals surface area contributed by atoms with Crippen molar-refractivity contribution in [1.29, 1.82) is 0 Å². The molecule has 3 nitrogen and oxygen atoms in total. The highest BCUT2D eigenvalue weighted by molar-refractivity contribution is 6.32. The Morgan fingerprint density at radius 1 is 1.35 bits per heavy atom. The van der Waals surface area contributed by atoms with Crippen molar-refractivity contribution in [2.75, 3.05) is 0 Å². The molecule has 0 saturated carbocycles. The second-order valence-corrected chi connectivity index (χ2v) is 4.12. The van der Waals surface area contributed by atoms with Gasteiger partial charge in [-0.25, -0.2) is 4.68 Å². The normalized spacial score (nSPS) is 10.5. The van der Waals surface area contributed by atoms with Gasteiger partial charge in [-0.05, 0) is 18.6 Å². The molecule has 4 heteroatoms. The van der Waals surface area contributed by atoms with Crippen LogP contribution in [0.25, 0.3) is 5.69 Å². The van der Waals surface area contributed by atoms with E-state index in [0.717, 1.165) is 30.5 Å². The number of nitrogens with zero attached hydrogens (tertiary/aromatic N) is 2. The number of para-hydroxylation sites is 1. The van der Waals surface area contributed by atoms with Crippen LogP contribution in [0.5, 0.6) is 0 Å². The third-order valence-corrected chi connectivity index (χ3v) is 2.91. The van der Waals surface area contributed by atoms with E-state index < -0.39 is 0 Å². The van der Waals surface area contributed by atoms with Crippen LogP contribution in [0.2, 0.25) is 5.15 Å². The molecule has 0 saturated heterocycles. The van der Waals surface area contributed by atoms with E-state index in [9.17, 15) is 4.79 Å². The van der Waals surface area contributed by atoms with E-state index in [0.29, 0.717) is 10.7 Å². The summed E-state index contributed by atoms with van der Waals surface area (Å²) in [6.07, 6.45) is 2.47. The summed E-state index contributed by atoms with van der Waals surface area (Å²) in [5.41, 5.74) is 2.12. The summed E-state index contributed by atoms with van der Waals surface area (Å²) >= 11 is 6.17. The average molecular weight is 249 g/mol. The average Bonchev–Trinajstić information content (AvgIpc) is 2.67. The number of carbonyl (C=O) groups excluding carboxylic acids is 1. The number of aromatic nitrogens is 2. The van der Waals surface area contributed by atoms with Gasteiger partial charge in [-0.2, -0.15) is 5.10 Å². The van der Waals surface area contributed by atoms with E-state index >= 15 is 0 Å². The molecule has 0 N–H and O–H groups in total. The summed E-state index contributed by atoms with van der Waals surface area (Å²) in [7, 11) is 0. The molecule has 0 atom stereocenters. The van der Waals surface area contributed by atoms with Crippen LogP contribution in [-0.4, -0.2) is 16.1 Å². The molecule has 1 heterocycles. The molecule has 0 unspecified atom stereocenters. The maximum atomic E-state index is 11.0. The first-order valence-corrected chi connectivity index (χ1v) is 5.93. The maximum Gasteiger partial charge on any atom is 0.155 e. The zero-order chi connectivity index (χ0) is 12.3. The highest BCUT2D eigenvalue weighted by Gasteiger charge is 2.15. The van der Waals surface area contributed by atoms with Crippen molar-refractivity contribution < 1.29 is 4.79 Å². The number of hydrogen-bond donors (Lipinski definition) is 0. The van der Waals surface area contributed by atoms with Gasteiger partial charge in [0.1, 0.15) is 5.15 Å². The summed E-state index contributed by atoms with van der Waals surface area (Å²) in [5.74, 6) is 0. The lowest BCUT2D eigenvalue weighted by atomic mass is 10.2. The van der Waals surface area contributed by atoms with Crippen LogP contribution in [-0.2, 0) is 6.42 Å². The number of aryl methyl sites for hydroxylation is 1. The fourth-order valence-corrected chi connectivity index (χ4v) is 2.02. The van der Waals surface area contributed by atoms with Crippen LogP contribution in [0.1, 0.15) is 29.4 Å². The standard InChI is InChI=1S/C13H13ClN2O/c1-2-6-12-11(9-17)13(14)16(15-12)10-7-4-3-5-8-10/h3-5,7-9H,2,6H2,1H3. The zero-order valence-corrected chi connectivity index (χ0v) is 10.3. The van der Waals surface area contributed by atoms with Crippen molar-refractivity contribution >= 4 is 17.9 Å². The Morgan fingerprint density at radius 3 is 2.65 bits per heavy atom. The molecule has 0 aliphatic rings. The summed E-state index contributed by atoms with van der Waals surface area (Å²) in [6.45, 7) is 2.05. The van der Waals surface area contributed by atoms with E-state index in [4.69, 9.17) is 11.6 Å². The number of hydrogen-bond acceptors (Lipinski definition) is 2. The van der Waals surface area contributed by atoms with Crippen molar-refractivity contribution in [3.8, 4) is 5.69 Å². The minimum atomic E-state index is 0.384. The van der Waals surface area contributed by atoms with Crippen molar-refractivity contribution in [2.24, 2.45) is 0 Å². The maximum absolute atomic E-state index is 11.0. The zero-order valence-electron chi connectivity index (χ0n) is 9.56. The number of benzene rings is 1. The largest absolute Gasteiger partial charge is 0.298 e. The van der Waals surface area contributed by atoms with Gasteiger partial charge in [-0.15, -0.1) is 0 Å². The molecule has 88 valence electrons. The van der Waals surface area contributed by atoms with Crippen molar-refractivity contribution in [3.05, 3.63) is 46.7 Å². The van der Waals surface area contributed by atoms with Gasteiger partial charge in [0.15, 0.2) is 6.29 Å². The van der Waals surface area contributed by atoms with Crippen LogP contribution >= 0.6 is 11.6 Å². The molecule has 0 aliphatic carbocycles. The third kappa shape index (κ3) is 2.24. The van der Waals surface area contributed by atoms with Gasteiger partial charge in [-0.3, -0.25) is 4.79 Å². The number of aldehydes is 1. The van der Waals surface area contributed by atoms with E-state index in [-0.39, 0.29) is 0 Å². The SMILES string of the molecule is CCCc1nn(-c2ccccc2)c(Cl)c1C=O.